The van der Waals surface area contributed by atoms with E-state index in [-0.39, 0.29) is 41.6 Å². The topological polar surface area (TPSA) is 194 Å². The van der Waals surface area contributed by atoms with Gasteiger partial charge in [-0.3, -0.25) is 29.0 Å². The predicted molar refractivity (Wildman–Crippen MR) is 141 cm³/mol. The van der Waals surface area contributed by atoms with Crippen LogP contribution in [0.15, 0.2) is 16.9 Å². The lowest BCUT2D eigenvalue weighted by atomic mass is 9.57. The zero-order valence-electron chi connectivity index (χ0n) is 22.5. The minimum Gasteiger partial charge on any atom is -0.508 e. The number of aromatic hydroxyl groups is 1. The van der Waals surface area contributed by atoms with Crippen molar-refractivity contribution in [3.05, 3.63) is 39.4 Å². The van der Waals surface area contributed by atoms with E-state index in [1.807, 2.05) is 4.90 Å². The van der Waals surface area contributed by atoms with Crippen LogP contribution in [0.25, 0.3) is 5.76 Å². The van der Waals surface area contributed by atoms with Crippen molar-refractivity contribution in [2.45, 2.75) is 49.8 Å². The van der Waals surface area contributed by atoms with Crippen molar-refractivity contribution in [1.29, 1.82) is 0 Å². The zero-order valence-corrected chi connectivity index (χ0v) is 22.5. The molecule has 6 rings (SSSR count). The SMILES string of the molecule is CN(C)[C@@H]1C(=O)C(C(N)=O)=C(O)[C@@]2(O)C(=O)C3=C(O)c4c(O)c5c(c(F)c4C[C@H]3C[C@@H]12)CC(N1CCCC1)C(=O)N5. The van der Waals surface area contributed by atoms with Gasteiger partial charge in [-0.15, -0.1) is 0 Å². The first-order valence-electron chi connectivity index (χ1n) is 13.6. The summed E-state index contributed by atoms with van der Waals surface area (Å²) < 4.78 is 16.2. The number of amides is 2. The van der Waals surface area contributed by atoms with Gasteiger partial charge in [0, 0.05) is 29.0 Å². The Labute approximate surface area is 233 Å². The number of primary amides is 1. The van der Waals surface area contributed by atoms with Crippen LogP contribution >= 0.6 is 0 Å². The summed E-state index contributed by atoms with van der Waals surface area (Å²) in [6.07, 6.45) is 1.55. The number of hydrogen-bond acceptors (Lipinski definition) is 10. The molecule has 41 heavy (non-hydrogen) atoms. The summed E-state index contributed by atoms with van der Waals surface area (Å²) in [6, 6.07) is -1.85. The Bertz CT molecular complexity index is 1510. The van der Waals surface area contributed by atoms with Crippen LogP contribution in [0.3, 0.4) is 0 Å². The van der Waals surface area contributed by atoms with Gasteiger partial charge in [0.25, 0.3) is 5.91 Å². The highest BCUT2D eigenvalue weighted by Gasteiger charge is 2.64. The lowest BCUT2D eigenvalue weighted by Gasteiger charge is -2.50. The molecule has 3 aliphatic carbocycles. The van der Waals surface area contributed by atoms with E-state index in [0.29, 0.717) is 13.1 Å². The third-order valence-electron chi connectivity index (χ3n) is 9.45. The molecule has 2 heterocycles. The Morgan fingerprint density at radius 1 is 1.10 bits per heavy atom. The Kier molecular flexibility index (Phi) is 6.07. The molecule has 0 bridgehead atoms. The molecule has 5 atom stereocenters. The number of phenolic OH excluding ortho intramolecular Hbond substituents is 1. The largest absolute Gasteiger partial charge is 0.508 e. The number of halogens is 1. The molecule has 1 aromatic rings. The fourth-order valence-electron chi connectivity index (χ4n) is 7.56. The number of aliphatic hydroxyl groups is 3. The van der Waals surface area contributed by atoms with E-state index in [1.54, 1.807) is 0 Å². The Morgan fingerprint density at radius 3 is 2.37 bits per heavy atom. The summed E-state index contributed by atoms with van der Waals surface area (Å²) in [5, 5.41) is 47.7. The van der Waals surface area contributed by atoms with Gasteiger partial charge >= 0.3 is 0 Å². The molecule has 2 aliphatic heterocycles. The zero-order chi connectivity index (χ0) is 29.7. The average Bonchev–Trinajstić information content (AvgIpc) is 3.43. The molecule has 7 N–H and O–H groups in total. The van der Waals surface area contributed by atoms with Crippen LogP contribution in [0.1, 0.15) is 36.0 Å². The summed E-state index contributed by atoms with van der Waals surface area (Å²) in [5.74, 6) is -9.29. The van der Waals surface area contributed by atoms with Crippen LogP contribution in [0, 0.1) is 17.7 Å². The molecular formula is C28H31FN4O8. The number of rotatable bonds is 3. The van der Waals surface area contributed by atoms with Gasteiger partial charge < -0.3 is 31.5 Å². The van der Waals surface area contributed by atoms with Gasteiger partial charge in [-0.05, 0) is 58.8 Å². The monoisotopic (exact) mass is 570 g/mol. The highest BCUT2D eigenvalue weighted by molar-refractivity contribution is 6.24. The van der Waals surface area contributed by atoms with Gasteiger partial charge in [-0.1, -0.05) is 0 Å². The van der Waals surface area contributed by atoms with Gasteiger partial charge in [0.05, 0.1) is 23.3 Å². The third kappa shape index (κ3) is 3.55. The van der Waals surface area contributed by atoms with E-state index in [0.717, 1.165) is 12.8 Å². The van der Waals surface area contributed by atoms with E-state index in [9.17, 15) is 39.6 Å². The normalized spacial score (nSPS) is 31.6. The average molecular weight is 571 g/mol. The number of nitrogens with one attached hydrogen (secondary N) is 1. The van der Waals surface area contributed by atoms with Crippen molar-refractivity contribution in [1.82, 2.24) is 9.80 Å². The quantitative estimate of drug-likeness (QED) is 0.214. The van der Waals surface area contributed by atoms with E-state index >= 15 is 4.39 Å². The van der Waals surface area contributed by atoms with E-state index in [2.05, 4.69) is 5.32 Å². The molecule has 1 aromatic carbocycles. The van der Waals surface area contributed by atoms with Crippen LogP contribution in [0.2, 0.25) is 0 Å². The summed E-state index contributed by atoms with van der Waals surface area (Å²) in [4.78, 5) is 55.5. The molecule has 218 valence electrons. The summed E-state index contributed by atoms with van der Waals surface area (Å²) in [6.45, 7) is 1.38. The molecule has 1 unspecified atom stereocenters. The Hall–Kier alpha value is -3.81. The van der Waals surface area contributed by atoms with Crippen molar-refractivity contribution in [2.75, 3.05) is 32.5 Å². The van der Waals surface area contributed by atoms with Crippen molar-refractivity contribution >= 4 is 34.8 Å². The van der Waals surface area contributed by atoms with Crippen LogP contribution in [0.5, 0.6) is 5.75 Å². The predicted octanol–water partition coefficient (Wildman–Crippen LogP) is 0.0621. The highest BCUT2D eigenvalue weighted by Crippen LogP contribution is 2.54. The second-order valence-corrected chi connectivity index (χ2v) is 11.8. The number of anilines is 1. The first-order valence-corrected chi connectivity index (χ1v) is 13.6. The number of likely N-dealkylation sites (tertiary alicyclic amines) is 1. The second kappa shape index (κ2) is 9.10. The molecule has 2 fully saturated rings. The van der Waals surface area contributed by atoms with Crippen molar-refractivity contribution in [3.8, 4) is 5.75 Å². The smallest absolute Gasteiger partial charge is 0.255 e. The summed E-state index contributed by atoms with van der Waals surface area (Å²) >= 11 is 0. The molecule has 0 spiro atoms. The van der Waals surface area contributed by atoms with Gasteiger partial charge in [0.1, 0.15) is 22.9 Å². The van der Waals surface area contributed by atoms with Crippen molar-refractivity contribution in [3.63, 3.8) is 0 Å². The first-order chi connectivity index (χ1) is 19.3. The number of phenols is 1. The lowest BCUT2D eigenvalue weighted by Crippen LogP contribution is -2.65. The maximum Gasteiger partial charge on any atom is 0.255 e. The number of likely N-dealkylation sites (N-methyl/N-ethyl adjacent to an activating group) is 1. The van der Waals surface area contributed by atoms with Gasteiger partial charge in [0.15, 0.2) is 17.1 Å². The number of ketones is 2. The minimum atomic E-state index is -2.79. The van der Waals surface area contributed by atoms with E-state index in [1.165, 1.54) is 19.0 Å². The highest BCUT2D eigenvalue weighted by atomic mass is 19.1. The molecule has 13 heteroatoms. The number of hydrogen-bond donors (Lipinski definition) is 6. The first kappa shape index (κ1) is 27.4. The third-order valence-corrected chi connectivity index (χ3v) is 9.45. The molecule has 2 amide bonds. The number of Topliss-reactive ketones (excluding diaryl/α,β-unsaturated/α-hetero) is 2. The Morgan fingerprint density at radius 2 is 1.76 bits per heavy atom. The molecule has 12 nitrogen and oxygen atoms in total. The van der Waals surface area contributed by atoms with Gasteiger partial charge in [-0.2, -0.15) is 0 Å². The number of benzene rings is 1. The van der Waals surface area contributed by atoms with Gasteiger partial charge in [-0.25, -0.2) is 4.39 Å². The van der Waals surface area contributed by atoms with Gasteiger partial charge in [0.2, 0.25) is 11.7 Å². The van der Waals surface area contributed by atoms with Crippen molar-refractivity contribution in [2.24, 2.45) is 17.6 Å². The fraction of sp³-hybridized carbons (Fsp3) is 0.500. The molecule has 1 saturated heterocycles. The molecule has 0 radical (unpaired) electrons. The number of carbonyl (C=O) groups is 4. The maximum atomic E-state index is 16.2. The lowest BCUT2D eigenvalue weighted by molar-refractivity contribution is -0.153. The summed E-state index contributed by atoms with van der Waals surface area (Å²) in [7, 11) is 3.00. The molecule has 0 aromatic heterocycles. The Balaban J connectivity index is 1.51. The number of nitrogens with two attached hydrogens (primary N) is 1. The van der Waals surface area contributed by atoms with Crippen LogP contribution in [-0.2, 0) is 32.0 Å². The standard InChI is InChI=1S/C28H31FN4O8/c1-32(2)20-13-8-10-7-11-16(21(34)15(10)24(37)28(13,41)25(38)17(23(20)36)26(30)39)22(35)19-12(18(11)29)9-14(27(40)31-19)33-5-3-4-6-33/h10,13-14,20,34-35,38,41H,3-9H2,1-2H3,(H2,30,39)(H,31,40)/t10-,13-,14?,20-,28-/m0/s1. The molecule has 1 saturated carbocycles. The molecule has 5 aliphatic rings. The summed E-state index contributed by atoms with van der Waals surface area (Å²) in [5.41, 5.74) is 0.703. The fourth-order valence-corrected chi connectivity index (χ4v) is 7.56. The second-order valence-electron chi connectivity index (χ2n) is 11.8. The minimum absolute atomic E-state index is 0.0168. The number of fused-ring (bicyclic) bond motifs is 4. The number of nitrogens with zero attached hydrogens (tertiary/aromatic N) is 2. The van der Waals surface area contributed by atoms with E-state index in [4.69, 9.17) is 5.73 Å². The number of aliphatic hydroxyl groups excluding tert-OH is 2. The van der Waals surface area contributed by atoms with Crippen LogP contribution in [0.4, 0.5) is 10.1 Å². The van der Waals surface area contributed by atoms with Crippen molar-refractivity contribution < 1.29 is 44.0 Å². The maximum absolute atomic E-state index is 16.2. The molecular weight excluding hydrogens is 539 g/mol. The number of carbonyl (C=O) groups excluding carboxylic acids is 4. The van der Waals surface area contributed by atoms with Crippen LogP contribution < -0.4 is 11.1 Å². The van der Waals surface area contributed by atoms with Crippen LogP contribution in [-0.4, -0.2) is 98.5 Å². The van der Waals surface area contributed by atoms with E-state index < -0.39 is 87.1 Å².